The molecule has 0 aliphatic heterocycles. The van der Waals surface area contributed by atoms with E-state index in [1.165, 1.54) is 6.92 Å². The quantitative estimate of drug-likeness (QED) is 0.886. The number of carbonyl (C=O) groups excluding carboxylic acids is 1. The summed E-state index contributed by atoms with van der Waals surface area (Å²) in [5.74, 6) is 0.607. The van der Waals surface area contributed by atoms with Gasteiger partial charge in [0.1, 0.15) is 12.4 Å². The van der Waals surface area contributed by atoms with Crippen LogP contribution in [0.5, 0.6) is 5.75 Å². The molecule has 0 radical (unpaired) electrons. The predicted octanol–water partition coefficient (Wildman–Crippen LogP) is 3.28. The third-order valence-electron chi connectivity index (χ3n) is 2.99. The van der Waals surface area contributed by atoms with Gasteiger partial charge in [0, 0.05) is 12.6 Å². The molecular formula is C17H19NO3. The van der Waals surface area contributed by atoms with Gasteiger partial charge in [-0.3, -0.25) is 4.79 Å². The first-order valence-electron chi connectivity index (χ1n) is 6.82. The van der Waals surface area contributed by atoms with Crippen LogP contribution in [0, 0.1) is 0 Å². The Morgan fingerprint density at radius 3 is 2.71 bits per heavy atom. The molecule has 0 heterocycles. The fraction of sp³-hybridized carbons (Fsp3) is 0.235. The van der Waals surface area contributed by atoms with Crippen LogP contribution in [0.1, 0.15) is 31.1 Å². The Balaban J connectivity index is 2.02. The Labute approximate surface area is 124 Å². The molecule has 0 aromatic heterocycles. The summed E-state index contributed by atoms with van der Waals surface area (Å²) in [6.07, 6.45) is -0.517. The highest BCUT2D eigenvalue weighted by molar-refractivity contribution is 5.88. The van der Waals surface area contributed by atoms with Gasteiger partial charge in [-0.2, -0.15) is 0 Å². The molecule has 1 amide bonds. The van der Waals surface area contributed by atoms with E-state index in [9.17, 15) is 9.90 Å². The summed E-state index contributed by atoms with van der Waals surface area (Å²) in [6, 6.07) is 14.9. The standard InChI is InChI=1S/C17H19NO3/c1-12(19)15-6-4-8-17(10-15)21-11-14-5-3-7-16(9-14)18-13(2)20/h3-10,12,19H,11H2,1-2H3,(H,18,20)/t12-/m0/s1. The van der Waals surface area contributed by atoms with E-state index >= 15 is 0 Å². The first kappa shape index (κ1) is 15.1. The molecular weight excluding hydrogens is 266 g/mol. The summed E-state index contributed by atoms with van der Waals surface area (Å²) in [7, 11) is 0. The maximum absolute atomic E-state index is 11.0. The lowest BCUT2D eigenvalue weighted by atomic mass is 10.1. The third-order valence-corrected chi connectivity index (χ3v) is 2.99. The Bertz CT molecular complexity index is 623. The minimum absolute atomic E-state index is 0.0993. The molecule has 2 aromatic rings. The first-order chi connectivity index (χ1) is 10.0. The highest BCUT2D eigenvalue weighted by Crippen LogP contribution is 2.20. The number of ether oxygens (including phenoxy) is 1. The van der Waals surface area contributed by atoms with Crippen molar-refractivity contribution < 1.29 is 14.6 Å². The molecule has 1 atom stereocenters. The summed E-state index contributed by atoms with van der Waals surface area (Å²) >= 11 is 0. The van der Waals surface area contributed by atoms with Gasteiger partial charge >= 0.3 is 0 Å². The fourth-order valence-corrected chi connectivity index (χ4v) is 1.97. The largest absolute Gasteiger partial charge is 0.489 e. The predicted molar refractivity (Wildman–Crippen MR) is 82.2 cm³/mol. The minimum atomic E-state index is -0.517. The van der Waals surface area contributed by atoms with Crippen molar-refractivity contribution in [2.75, 3.05) is 5.32 Å². The second-order valence-corrected chi connectivity index (χ2v) is 4.92. The number of nitrogens with one attached hydrogen (secondary N) is 1. The molecule has 4 heteroatoms. The fourth-order valence-electron chi connectivity index (χ4n) is 1.97. The Kier molecular flexibility index (Phi) is 4.95. The minimum Gasteiger partial charge on any atom is -0.489 e. The summed E-state index contributed by atoms with van der Waals surface area (Å²) in [5.41, 5.74) is 2.53. The number of anilines is 1. The second-order valence-electron chi connectivity index (χ2n) is 4.92. The van der Waals surface area contributed by atoms with Gasteiger partial charge in [-0.25, -0.2) is 0 Å². The first-order valence-corrected chi connectivity index (χ1v) is 6.82. The van der Waals surface area contributed by atoms with Crippen molar-refractivity contribution in [1.82, 2.24) is 0 Å². The normalized spacial score (nSPS) is 11.8. The van der Waals surface area contributed by atoms with Crippen molar-refractivity contribution in [2.24, 2.45) is 0 Å². The molecule has 0 fully saturated rings. The zero-order valence-corrected chi connectivity index (χ0v) is 12.2. The lowest BCUT2D eigenvalue weighted by Gasteiger charge is -2.10. The summed E-state index contributed by atoms with van der Waals surface area (Å²) in [4.78, 5) is 11.0. The van der Waals surface area contributed by atoms with Crippen LogP contribution >= 0.6 is 0 Å². The van der Waals surface area contributed by atoms with Crippen molar-refractivity contribution in [3.8, 4) is 5.75 Å². The average Bonchev–Trinajstić information content (AvgIpc) is 2.45. The smallest absolute Gasteiger partial charge is 0.221 e. The van der Waals surface area contributed by atoms with Crippen molar-refractivity contribution in [3.63, 3.8) is 0 Å². The van der Waals surface area contributed by atoms with Gasteiger partial charge in [0.2, 0.25) is 5.91 Å². The number of hydrogen-bond donors (Lipinski definition) is 2. The molecule has 0 aliphatic carbocycles. The monoisotopic (exact) mass is 285 g/mol. The highest BCUT2D eigenvalue weighted by Gasteiger charge is 2.03. The van der Waals surface area contributed by atoms with Gasteiger partial charge in [0.25, 0.3) is 0 Å². The van der Waals surface area contributed by atoms with E-state index in [0.717, 1.165) is 16.8 Å². The summed E-state index contributed by atoms with van der Waals surface area (Å²) < 4.78 is 5.72. The van der Waals surface area contributed by atoms with Gasteiger partial charge in [-0.1, -0.05) is 24.3 Å². The number of carbonyl (C=O) groups is 1. The molecule has 2 aromatic carbocycles. The van der Waals surface area contributed by atoms with E-state index in [2.05, 4.69) is 5.32 Å². The zero-order valence-electron chi connectivity index (χ0n) is 12.2. The van der Waals surface area contributed by atoms with Crippen LogP contribution < -0.4 is 10.1 Å². The van der Waals surface area contributed by atoms with Crippen LogP contribution in [-0.4, -0.2) is 11.0 Å². The molecule has 2 N–H and O–H groups in total. The molecule has 0 unspecified atom stereocenters. The maximum Gasteiger partial charge on any atom is 0.221 e. The van der Waals surface area contributed by atoms with Crippen molar-refractivity contribution in [3.05, 3.63) is 59.7 Å². The lowest BCUT2D eigenvalue weighted by Crippen LogP contribution is -2.06. The molecule has 0 aliphatic rings. The van der Waals surface area contributed by atoms with Crippen LogP contribution in [0.4, 0.5) is 5.69 Å². The van der Waals surface area contributed by atoms with Crippen LogP contribution in [-0.2, 0) is 11.4 Å². The molecule has 0 bridgehead atoms. The van der Waals surface area contributed by atoms with E-state index in [4.69, 9.17) is 4.74 Å². The maximum atomic E-state index is 11.0. The van der Waals surface area contributed by atoms with Crippen LogP contribution in [0.3, 0.4) is 0 Å². The van der Waals surface area contributed by atoms with E-state index in [0.29, 0.717) is 12.4 Å². The topological polar surface area (TPSA) is 58.6 Å². The number of amides is 1. The van der Waals surface area contributed by atoms with Crippen LogP contribution in [0.2, 0.25) is 0 Å². The highest BCUT2D eigenvalue weighted by atomic mass is 16.5. The van der Waals surface area contributed by atoms with E-state index in [-0.39, 0.29) is 5.91 Å². The molecule has 21 heavy (non-hydrogen) atoms. The van der Waals surface area contributed by atoms with Gasteiger partial charge in [0.05, 0.1) is 6.10 Å². The van der Waals surface area contributed by atoms with E-state index < -0.39 is 6.10 Å². The van der Waals surface area contributed by atoms with Gasteiger partial charge in [-0.05, 0) is 42.3 Å². The number of aliphatic hydroxyl groups is 1. The molecule has 110 valence electrons. The van der Waals surface area contributed by atoms with Crippen molar-refractivity contribution in [1.29, 1.82) is 0 Å². The number of rotatable bonds is 5. The molecule has 0 spiro atoms. The molecule has 2 rings (SSSR count). The molecule has 0 saturated carbocycles. The van der Waals surface area contributed by atoms with Crippen molar-refractivity contribution in [2.45, 2.75) is 26.6 Å². The third kappa shape index (κ3) is 4.61. The number of aliphatic hydroxyl groups excluding tert-OH is 1. The SMILES string of the molecule is CC(=O)Nc1cccc(COc2cccc([C@H](C)O)c2)c1. The van der Waals surface area contributed by atoms with Gasteiger partial charge < -0.3 is 15.2 Å². The average molecular weight is 285 g/mol. The van der Waals surface area contributed by atoms with E-state index in [1.807, 2.05) is 48.5 Å². The summed E-state index contributed by atoms with van der Waals surface area (Å²) in [6.45, 7) is 3.59. The van der Waals surface area contributed by atoms with Gasteiger partial charge in [-0.15, -0.1) is 0 Å². The van der Waals surface area contributed by atoms with Crippen molar-refractivity contribution >= 4 is 11.6 Å². The van der Waals surface area contributed by atoms with Gasteiger partial charge in [0.15, 0.2) is 0 Å². The molecule has 0 saturated heterocycles. The number of benzene rings is 2. The van der Waals surface area contributed by atoms with E-state index in [1.54, 1.807) is 6.92 Å². The second kappa shape index (κ2) is 6.90. The number of hydrogen-bond acceptors (Lipinski definition) is 3. The summed E-state index contributed by atoms with van der Waals surface area (Å²) in [5, 5.41) is 12.3. The van der Waals surface area contributed by atoms with Crippen LogP contribution in [0.15, 0.2) is 48.5 Å². The Hall–Kier alpha value is -2.33. The molecule has 4 nitrogen and oxygen atoms in total. The van der Waals surface area contributed by atoms with Crippen LogP contribution in [0.25, 0.3) is 0 Å². The Morgan fingerprint density at radius 2 is 2.00 bits per heavy atom. The zero-order chi connectivity index (χ0) is 15.2. The Morgan fingerprint density at radius 1 is 1.24 bits per heavy atom. The lowest BCUT2D eigenvalue weighted by molar-refractivity contribution is -0.114.